The van der Waals surface area contributed by atoms with Crippen LogP contribution in [-0.2, 0) is 0 Å². The second kappa shape index (κ2) is 5.37. The van der Waals surface area contributed by atoms with E-state index in [1.54, 1.807) is 0 Å². The number of nitrogens with zero attached hydrogens (tertiary/aromatic N) is 1. The number of aliphatic imine (C=N–C) groups is 1. The van der Waals surface area contributed by atoms with Gasteiger partial charge in [-0.1, -0.05) is 72.9 Å². The van der Waals surface area contributed by atoms with Crippen LogP contribution in [0.1, 0.15) is 11.1 Å². The van der Waals surface area contributed by atoms with Gasteiger partial charge in [0.2, 0.25) is 0 Å². The molecule has 2 rings (SSSR count). The van der Waals surface area contributed by atoms with Crippen LogP contribution in [-0.4, -0.2) is 10.8 Å². The van der Waals surface area contributed by atoms with Crippen LogP contribution in [0.4, 0.5) is 0 Å². The van der Waals surface area contributed by atoms with Gasteiger partial charge in [-0.05, 0) is 0 Å². The molecule has 0 aromatic heterocycles. The van der Waals surface area contributed by atoms with Crippen molar-refractivity contribution < 1.29 is 0 Å². The lowest BCUT2D eigenvalue weighted by Crippen LogP contribution is -2.15. The number of hydrogen-bond acceptors (Lipinski definition) is 1. The van der Waals surface area contributed by atoms with E-state index in [0.29, 0.717) is 10.8 Å². The SMILES string of the molecule is NC(=NC(=S)c1ccccc1)c1ccccc1. The van der Waals surface area contributed by atoms with Gasteiger partial charge in [-0.25, -0.2) is 4.99 Å². The Morgan fingerprint density at radius 1 is 0.824 bits per heavy atom. The van der Waals surface area contributed by atoms with Gasteiger partial charge in [0.15, 0.2) is 0 Å². The van der Waals surface area contributed by atoms with Crippen molar-refractivity contribution in [2.75, 3.05) is 0 Å². The molecule has 0 heterocycles. The van der Waals surface area contributed by atoms with Gasteiger partial charge in [0.25, 0.3) is 0 Å². The summed E-state index contributed by atoms with van der Waals surface area (Å²) in [5.74, 6) is 0.444. The zero-order chi connectivity index (χ0) is 12.1. The molecule has 2 N–H and O–H groups in total. The third-order valence-corrected chi connectivity index (χ3v) is 2.64. The maximum absolute atomic E-state index is 5.90. The third-order valence-electron chi connectivity index (χ3n) is 2.31. The smallest absolute Gasteiger partial charge is 0.135 e. The standard InChI is InChI=1S/C14H12N2S/c15-13(11-7-3-1-4-8-11)16-14(17)12-9-5-2-6-10-12/h1-10H,(H2,15,16,17). The minimum atomic E-state index is 0.444. The van der Waals surface area contributed by atoms with Gasteiger partial charge in [0.1, 0.15) is 10.8 Å². The molecular weight excluding hydrogens is 228 g/mol. The fraction of sp³-hybridized carbons (Fsp3) is 0. The van der Waals surface area contributed by atoms with E-state index < -0.39 is 0 Å². The third kappa shape index (κ3) is 2.98. The summed E-state index contributed by atoms with van der Waals surface area (Å²) in [6.07, 6.45) is 0. The minimum absolute atomic E-state index is 0.444. The van der Waals surface area contributed by atoms with Crippen LogP contribution in [0.2, 0.25) is 0 Å². The first-order chi connectivity index (χ1) is 8.27. The first kappa shape index (κ1) is 11.5. The highest BCUT2D eigenvalue weighted by Crippen LogP contribution is 2.04. The van der Waals surface area contributed by atoms with E-state index in [2.05, 4.69) is 4.99 Å². The molecule has 3 heteroatoms. The van der Waals surface area contributed by atoms with Crippen molar-refractivity contribution in [3.63, 3.8) is 0 Å². The average molecular weight is 240 g/mol. The molecule has 17 heavy (non-hydrogen) atoms. The Hall–Kier alpha value is -2.00. The van der Waals surface area contributed by atoms with Gasteiger partial charge in [0.05, 0.1) is 0 Å². The summed E-state index contributed by atoms with van der Waals surface area (Å²) < 4.78 is 0. The predicted octanol–water partition coefficient (Wildman–Crippen LogP) is 2.77. The topological polar surface area (TPSA) is 38.4 Å². The number of nitrogens with two attached hydrogens (primary N) is 1. The van der Waals surface area contributed by atoms with Gasteiger partial charge in [-0.3, -0.25) is 0 Å². The first-order valence-corrected chi connectivity index (χ1v) is 5.67. The molecule has 0 saturated heterocycles. The van der Waals surface area contributed by atoms with Crippen molar-refractivity contribution in [3.05, 3.63) is 71.8 Å². The van der Waals surface area contributed by atoms with Crippen LogP contribution in [0.25, 0.3) is 0 Å². The van der Waals surface area contributed by atoms with E-state index in [9.17, 15) is 0 Å². The largest absolute Gasteiger partial charge is 0.383 e. The molecule has 2 nitrogen and oxygen atoms in total. The fourth-order valence-corrected chi connectivity index (χ4v) is 1.66. The maximum atomic E-state index is 5.90. The first-order valence-electron chi connectivity index (χ1n) is 5.26. The highest BCUT2D eigenvalue weighted by atomic mass is 32.1. The van der Waals surface area contributed by atoms with Crippen LogP contribution >= 0.6 is 12.2 Å². The van der Waals surface area contributed by atoms with Gasteiger partial charge in [-0.2, -0.15) is 0 Å². The van der Waals surface area contributed by atoms with Gasteiger partial charge in [0, 0.05) is 11.1 Å². The Morgan fingerprint density at radius 2 is 1.29 bits per heavy atom. The zero-order valence-electron chi connectivity index (χ0n) is 9.21. The van der Waals surface area contributed by atoms with Crippen molar-refractivity contribution in [3.8, 4) is 0 Å². The molecule has 0 amide bonds. The average Bonchev–Trinajstić information content (AvgIpc) is 2.40. The molecule has 0 bridgehead atoms. The Labute approximate surface area is 106 Å². The molecule has 0 aliphatic heterocycles. The highest BCUT2D eigenvalue weighted by molar-refractivity contribution is 7.80. The molecule has 0 radical (unpaired) electrons. The number of amidine groups is 1. The van der Waals surface area contributed by atoms with Crippen LogP contribution in [0.15, 0.2) is 65.7 Å². The molecular formula is C14H12N2S. The van der Waals surface area contributed by atoms with E-state index in [4.69, 9.17) is 18.0 Å². The van der Waals surface area contributed by atoms with Gasteiger partial charge < -0.3 is 5.73 Å². The fourth-order valence-electron chi connectivity index (χ4n) is 1.43. The Balaban J connectivity index is 2.24. The zero-order valence-corrected chi connectivity index (χ0v) is 10.0. The van der Waals surface area contributed by atoms with Crippen molar-refractivity contribution >= 4 is 23.0 Å². The summed E-state index contributed by atoms with van der Waals surface area (Å²) in [6, 6.07) is 19.2. The van der Waals surface area contributed by atoms with Crippen molar-refractivity contribution in [2.24, 2.45) is 10.7 Å². The lowest BCUT2D eigenvalue weighted by Gasteiger charge is -2.02. The summed E-state index contributed by atoms with van der Waals surface area (Å²) in [6.45, 7) is 0. The number of hydrogen-bond donors (Lipinski definition) is 1. The van der Waals surface area contributed by atoms with Gasteiger partial charge in [-0.15, -0.1) is 0 Å². The summed E-state index contributed by atoms with van der Waals surface area (Å²) >= 11 is 5.23. The molecule has 0 aliphatic carbocycles. The van der Waals surface area contributed by atoms with E-state index >= 15 is 0 Å². The molecule has 0 saturated carbocycles. The van der Waals surface area contributed by atoms with Crippen molar-refractivity contribution in [2.45, 2.75) is 0 Å². The molecule has 0 spiro atoms. The number of rotatable bonds is 2. The van der Waals surface area contributed by atoms with Crippen LogP contribution in [0.5, 0.6) is 0 Å². The monoisotopic (exact) mass is 240 g/mol. The lowest BCUT2D eigenvalue weighted by atomic mass is 10.2. The predicted molar refractivity (Wildman–Crippen MR) is 75.3 cm³/mol. The number of benzene rings is 2. The van der Waals surface area contributed by atoms with Crippen LogP contribution < -0.4 is 5.73 Å². The Morgan fingerprint density at radius 3 is 1.82 bits per heavy atom. The van der Waals surface area contributed by atoms with Crippen LogP contribution in [0.3, 0.4) is 0 Å². The molecule has 0 fully saturated rings. The van der Waals surface area contributed by atoms with Crippen LogP contribution in [0, 0.1) is 0 Å². The molecule has 2 aromatic carbocycles. The molecule has 0 unspecified atom stereocenters. The van der Waals surface area contributed by atoms with Crippen molar-refractivity contribution in [1.82, 2.24) is 0 Å². The molecule has 84 valence electrons. The van der Waals surface area contributed by atoms with E-state index in [0.717, 1.165) is 11.1 Å². The highest BCUT2D eigenvalue weighted by Gasteiger charge is 2.01. The maximum Gasteiger partial charge on any atom is 0.135 e. The minimum Gasteiger partial charge on any atom is -0.383 e. The summed E-state index contributed by atoms with van der Waals surface area (Å²) in [5.41, 5.74) is 7.68. The molecule has 2 aromatic rings. The lowest BCUT2D eigenvalue weighted by molar-refractivity contribution is 1.52. The summed E-state index contributed by atoms with van der Waals surface area (Å²) in [7, 11) is 0. The van der Waals surface area contributed by atoms with E-state index in [-0.39, 0.29) is 0 Å². The Kier molecular flexibility index (Phi) is 3.62. The molecule has 0 aliphatic rings. The molecule has 0 atom stereocenters. The second-order valence-electron chi connectivity index (χ2n) is 3.53. The van der Waals surface area contributed by atoms with E-state index in [1.165, 1.54) is 0 Å². The van der Waals surface area contributed by atoms with Crippen molar-refractivity contribution in [1.29, 1.82) is 0 Å². The van der Waals surface area contributed by atoms with Gasteiger partial charge >= 0.3 is 0 Å². The quantitative estimate of drug-likeness (QED) is 0.498. The number of thiocarbonyl (C=S) groups is 1. The normalized spacial score (nSPS) is 11.2. The second-order valence-corrected chi connectivity index (χ2v) is 3.92. The van der Waals surface area contributed by atoms with E-state index in [1.807, 2.05) is 60.7 Å². The summed E-state index contributed by atoms with van der Waals surface area (Å²) in [4.78, 5) is 4.75. The Bertz CT molecular complexity index is 533. The summed E-state index contributed by atoms with van der Waals surface area (Å²) in [5, 5.41) is 0.